The summed E-state index contributed by atoms with van der Waals surface area (Å²) >= 11 is 0. The predicted molar refractivity (Wildman–Crippen MR) is 83.7 cm³/mol. The Kier molecular flexibility index (Phi) is 4.87. The quantitative estimate of drug-likeness (QED) is 0.674. The van der Waals surface area contributed by atoms with Gasteiger partial charge in [-0.25, -0.2) is 5.01 Å². The van der Waals surface area contributed by atoms with Crippen LogP contribution >= 0.6 is 0 Å². The van der Waals surface area contributed by atoms with E-state index < -0.39 is 0 Å². The lowest BCUT2D eigenvalue weighted by molar-refractivity contribution is -0.384. The summed E-state index contributed by atoms with van der Waals surface area (Å²) in [7, 11) is 0. The van der Waals surface area contributed by atoms with Crippen molar-refractivity contribution < 1.29 is 9.66 Å². The van der Waals surface area contributed by atoms with Gasteiger partial charge in [0, 0.05) is 44.4 Å². The second kappa shape index (κ2) is 7.04. The Balaban J connectivity index is 1.51. The van der Waals surface area contributed by atoms with E-state index >= 15 is 0 Å². The fraction of sp³-hybridized carbons (Fsp3) is 0.600. The van der Waals surface area contributed by atoms with Crippen LogP contribution in [0.3, 0.4) is 0 Å². The topological polar surface area (TPSA) is 70.9 Å². The van der Waals surface area contributed by atoms with E-state index in [9.17, 15) is 10.1 Å². The first kappa shape index (κ1) is 15.2. The third-order valence-corrected chi connectivity index (χ3v) is 4.37. The molecule has 0 bridgehead atoms. The van der Waals surface area contributed by atoms with Gasteiger partial charge in [-0.2, -0.15) is 0 Å². The maximum atomic E-state index is 10.8. The molecular weight excluding hydrogens is 284 g/mol. The van der Waals surface area contributed by atoms with Crippen molar-refractivity contribution >= 4 is 11.4 Å². The van der Waals surface area contributed by atoms with Crippen LogP contribution < -0.4 is 5.43 Å². The molecule has 2 heterocycles. The molecule has 0 aliphatic carbocycles. The van der Waals surface area contributed by atoms with Gasteiger partial charge in [0.05, 0.1) is 23.8 Å². The van der Waals surface area contributed by atoms with Crippen LogP contribution in [0.5, 0.6) is 0 Å². The molecule has 0 spiro atoms. The zero-order chi connectivity index (χ0) is 15.4. The Labute approximate surface area is 130 Å². The summed E-state index contributed by atoms with van der Waals surface area (Å²) in [4.78, 5) is 13.0. The fourth-order valence-corrected chi connectivity index (χ4v) is 3.16. The van der Waals surface area contributed by atoms with Crippen molar-refractivity contribution in [1.29, 1.82) is 0 Å². The highest BCUT2D eigenvalue weighted by molar-refractivity contribution is 5.50. The Morgan fingerprint density at radius 1 is 1.18 bits per heavy atom. The number of piperidine rings is 1. The molecule has 0 atom stereocenters. The molecule has 120 valence electrons. The second-order valence-electron chi connectivity index (χ2n) is 5.79. The molecule has 0 saturated carbocycles. The fourth-order valence-electron chi connectivity index (χ4n) is 3.16. The van der Waals surface area contributed by atoms with Gasteiger partial charge in [0.15, 0.2) is 0 Å². The zero-order valence-electron chi connectivity index (χ0n) is 12.6. The molecule has 0 aromatic heterocycles. The number of morpholine rings is 1. The number of hydrogen-bond acceptors (Lipinski definition) is 6. The number of nitro groups is 1. The van der Waals surface area contributed by atoms with Gasteiger partial charge in [0.25, 0.3) is 5.69 Å². The second-order valence-corrected chi connectivity index (χ2v) is 5.79. The van der Waals surface area contributed by atoms with Gasteiger partial charge in [-0.3, -0.25) is 15.0 Å². The lowest BCUT2D eigenvalue weighted by Gasteiger charge is -2.40. The van der Waals surface area contributed by atoms with Gasteiger partial charge < -0.3 is 10.2 Å². The number of nitro benzene ring substituents is 1. The number of hydrogen-bond donors (Lipinski definition) is 1. The molecule has 3 rings (SSSR count). The number of ether oxygens (including phenoxy) is 1. The third kappa shape index (κ3) is 3.73. The minimum atomic E-state index is -0.365. The molecular formula is C15H22N4O3. The number of non-ortho nitro benzene ring substituents is 1. The normalized spacial score (nSPS) is 21.6. The first-order valence-electron chi connectivity index (χ1n) is 7.80. The molecule has 0 amide bonds. The van der Waals surface area contributed by atoms with E-state index in [1.807, 2.05) is 6.07 Å². The number of hydrazine groups is 1. The highest BCUT2D eigenvalue weighted by Gasteiger charge is 2.25. The van der Waals surface area contributed by atoms with Gasteiger partial charge in [-0.15, -0.1) is 0 Å². The van der Waals surface area contributed by atoms with Crippen LogP contribution in [-0.4, -0.2) is 60.3 Å². The SMILES string of the molecule is O=[N+]([O-])c1cccc(NN2CCC(N3CCOCC3)CC2)c1. The number of anilines is 1. The summed E-state index contributed by atoms with van der Waals surface area (Å²) in [5.41, 5.74) is 4.18. The standard InChI is InChI=1S/C15H22N4O3/c20-19(21)15-3-1-2-13(12-15)16-18-6-4-14(5-7-18)17-8-10-22-11-9-17/h1-3,12,14,16H,4-11H2. The van der Waals surface area contributed by atoms with Crippen molar-refractivity contribution in [3.63, 3.8) is 0 Å². The van der Waals surface area contributed by atoms with Crippen molar-refractivity contribution in [3.05, 3.63) is 34.4 Å². The smallest absolute Gasteiger partial charge is 0.271 e. The van der Waals surface area contributed by atoms with Crippen LogP contribution in [0.2, 0.25) is 0 Å². The van der Waals surface area contributed by atoms with Crippen molar-refractivity contribution in [3.8, 4) is 0 Å². The van der Waals surface area contributed by atoms with Gasteiger partial charge in [0.2, 0.25) is 0 Å². The molecule has 1 aromatic rings. The highest BCUT2D eigenvalue weighted by atomic mass is 16.6. The number of rotatable bonds is 4. The van der Waals surface area contributed by atoms with Gasteiger partial charge in [-0.1, -0.05) is 6.07 Å². The van der Waals surface area contributed by atoms with Crippen molar-refractivity contribution in [1.82, 2.24) is 9.91 Å². The molecule has 2 aliphatic heterocycles. The first-order valence-corrected chi connectivity index (χ1v) is 7.80. The molecule has 7 nitrogen and oxygen atoms in total. The molecule has 2 fully saturated rings. The Bertz CT molecular complexity index is 511. The van der Waals surface area contributed by atoms with Crippen molar-refractivity contribution in [2.24, 2.45) is 0 Å². The zero-order valence-corrected chi connectivity index (χ0v) is 12.6. The van der Waals surface area contributed by atoms with Gasteiger partial charge in [-0.05, 0) is 18.9 Å². The largest absolute Gasteiger partial charge is 0.379 e. The molecule has 2 saturated heterocycles. The average molecular weight is 306 g/mol. The van der Waals surface area contributed by atoms with E-state index in [0.29, 0.717) is 6.04 Å². The van der Waals surface area contributed by atoms with E-state index in [2.05, 4.69) is 15.3 Å². The number of nitrogens with zero attached hydrogens (tertiary/aromatic N) is 3. The summed E-state index contributed by atoms with van der Waals surface area (Å²) in [6, 6.07) is 7.29. The molecule has 7 heteroatoms. The van der Waals surface area contributed by atoms with Crippen LogP contribution in [0.1, 0.15) is 12.8 Å². The maximum Gasteiger partial charge on any atom is 0.271 e. The molecule has 2 aliphatic rings. The van der Waals surface area contributed by atoms with Gasteiger partial charge in [0.1, 0.15) is 0 Å². The average Bonchev–Trinajstić information content (AvgIpc) is 2.56. The summed E-state index contributed by atoms with van der Waals surface area (Å²) < 4.78 is 5.40. The van der Waals surface area contributed by atoms with Crippen LogP contribution in [0, 0.1) is 10.1 Å². The number of benzene rings is 1. The first-order chi connectivity index (χ1) is 10.7. The summed E-state index contributed by atoms with van der Waals surface area (Å²) in [5.74, 6) is 0. The predicted octanol–water partition coefficient (Wildman–Crippen LogP) is 1.72. The molecule has 1 aromatic carbocycles. The lowest BCUT2D eigenvalue weighted by atomic mass is 10.0. The number of nitrogens with one attached hydrogen (secondary N) is 1. The molecule has 1 N–H and O–H groups in total. The van der Waals surface area contributed by atoms with E-state index in [0.717, 1.165) is 57.9 Å². The van der Waals surface area contributed by atoms with Crippen LogP contribution in [0.15, 0.2) is 24.3 Å². The van der Waals surface area contributed by atoms with Gasteiger partial charge >= 0.3 is 0 Å². The molecule has 22 heavy (non-hydrogen) atoms. The van der Waals surface area contributed by atoms with E-state index in [4.69, 9.17) is 4.74 Å². The maximum absolute atomic E-state index is 10.8. The van der Waals surface area contributed by atoms with E-state index in [1.165, 1.54) is 6.07 Å². The summed E-state index contributed by atoms with van der Waals surface area (Å²) in [5, 5.41) is 13.0. The highest BCUT2D eigenvalue weighted by Crippen LogP contribution is 2.21. The Hall–Kier alpha value is -1.70. The van der Waals surface area contributed by atoms with Crippen LogP contribution in [-0.2, 0) is 4.74 Å². The van der Waals surface area contributed by atoms with Crippen LogP contribution in [0.4, 0.5) is 11.4 Å². The minimum absolute atomic E-state index is 0.119. The monoisotopic (exact) mass is 306 g/mol. The van der Waals surface area contributed by atoms with Crippen LogP contribution in [0.25, 0.3) is 0 Å². The molecule has 0 unspecified atom stereocenters. The molecule has 0 radical (unpaired) electrons. The Morgan fingerprint density at radius 2 is 1.91 bits per heavy atom. The third-order valence-electron chi connectivity index (χ3n) is 4.37. The lowest BCUT2D eigenvalue weighted by Crippen LogP contribution is -2.50. The van der Waals surface area contributed by atoms with Crippen molar-refractivity contribution in [2.45, 2.75) is 18.9 Å². The Morgan fingerprint density at radius 3 is 2.59 bits per heavy atom. The van der Waals surface area contributed by atoms with E-state index in [-0.39, 0.29) is 10.6 Å². The minimum Gasteiger partial charge on any atom is -0.379 e. The summed E-state index contributed by atoms with van der Waals surface area (Å²) in [6.07, 6.45) is 2.23. The van der Waals surface area contributed by atoms with E-state index in [1.54, 1.807) is 12.1 Å². The summed E-state index contributed by atoms with van der Waals surface area (Å²) in [6.45, 7) is 5.64. The van der Waals surface area contributed by atoms with Crippen molar-refractivity contribution in [2.75, 3.05) is 44.8 Å².